The third kappa shape index (κ3) is 3.67. The van der Waals surface area contributed by atoms with Crippen molar-refractivity contribution >= 4 is 22.7 Å². The van der Waals surface area contributed by atoms with Crippen LogP contribution in [0.1, 0.15) is 44.0 Å². The molecule has 1 aliphatic carbocycles. The zero-order valence-electron chi connectivity index (χ0n) is 17.7. The predicted octanol–water partition coefficient (Wildman–Crippen LogP) is 3.48. The zero-order valence-corrected chi connectivity index (χ0v) is 17.7. The fourth-order valence-corrected chi connectivity index (χ4v) is 4.08. The van der Waals surface area contributed by atoms with Gasteiger partial charge in [-0.05, 0) is 26.2 Å². The number of nitrogen functional groups attached to an aromatic ring is 1. The molecule has 0 radical (unpaired) electrons. The van der Waals surface area contributed by atoms with Crippen molar-refractivity contribution in [2.24, 2.45) is 0 Å². The number of hydrogen-bond acceptors (Lipinski definition) is 8. The molecule has 9 nitrogen and oxygen atoms in total. The number of nitrogens with one attached hydrogen (secondary N) is 1. The van der Waals surface area contributed by atoms with Gasteiger partial charge in [-0.25, -0.2) is 29.6 Å². The summed E-state index contributed by atoms with van der Waals surface area (Å²) in [5, 5.41) is 8.09. The molecule has 0 atom stereocenters. The van der Waals surface area contributed by atoms with Crippen LogP contribution >= 0.6 is 0 Å². The second-order valence-corrected chi connectivity index (χ2v) is 7.94. The maximum atomic E-state index is 6.18. The van der Waals surface area contributed by atoms with E-state index in [4.69, 9.17) is 15.7 Å². The molecular formula is C22H25N9. The van der Waals surface area contributed by atoms with Gasteiger partial charge in [0.25, 0.3) is 0 Å². The Balaban J connectivity index is 1.61. The van der Waals surface area contributed by atoms with Crippen LogP contribution in [-0.4, -0.2) is 40.7 Å². The first-order valence-corrected chi connectivity index (χ1v) is 10.7. The molecule has 31 heavy (non-hydrogen) atoms. The lowest BCUT2D eigenvalue weighted by atomic mass is 10.1. The van der Waals surface area contributed by atoms with Crippen LogP contribution in [0, 0.1) is 6.92 Å². The highest BCUT2D eigenvalue weighted by atomic mass is 15.3. The van der Waals surface area contributed by atoms with Gasteiger partial charge in [0.15, 0.2) is 11.6 Å². The summed E-state index contributed by atoms with van der Waals surface area (Å²) in [5.74, 6) is 1.93. The average Bonchev–Trinajstić information content (AvgIpc) is 3.46. The molecule has 4 aromatic heterocycles. The first-order valence-electron chi connectivity index (χ1n) is 10.7. The molecule has 0 unspecified atom stereocenters. The molecule has 0 bridgehead atoms. The minimum absolute atomic E-state index is 0.382. The molecule has 3 N–H and O–H groups in total. The van der Waals surface area contributed by atoms with Gasteiger partial charge in [0.2, 0.25) is 0 Å². The van der Waals surface area contributed by atoms with Crippen molar-refractivity contribution in [3.8, 4) is 16.9 Å². The van der Waals surface area contributed by atoms with Crippen LogP contribution in [0.2, 0.25) is 0 Å². The number of aromatic nitrogens is 7. The number of nitrogens with zero attached hydrogens (tertiary/aromatic N) is 7. The molecule has 4 aromatic rings. The SMILES string of the molecule is CCc1nc2c(N)ncc(-c3cnn(-c4cc(C)ncn4)c3)c2nc1NC1CCCC1. The van der Waals surface area contributed by atoms with Gasteiger partial charge in [-0.15, -0.1) is 0 Å². The Kier molecular flexibility index (Phi) is 4.93. The molecule has 5 rings (SSSR count). The fraction of sp³-hybridized carbons (Fsp3) is 0.364. The van der Waals surface area contributed by atoms with Crippen molar-refractivity contribution in [3.63, 3.8) is 0 Å². The summed E-state index contributed by atoms with van der Waals surface area (Å²) in [6, 6.07) is 2.33. The minimum Gasteiger partial charge on any atom is -0.382 e. The molecule has 0 aromatic carbocycles. The van der Waals surface area contributed by atoms with Crippen molar-refractivity contribution in [2.75, 3.05) is 11.1 Å². The van der Waals surface area contributed by atoms with Crippen molar-refractivity contribution in [3.05, 3.63) is 42.4 Å². The van der Waals surface area contributed by atoms with Crippen LogP contribution in [-0.2, 0) is 6.42 Å². The minimum atomic E-state index is 0.382. The van der Waals surface area contributed by atoms with Crippen LogP contribution < -0.4 is 11.1 Å². The van der Waals surface area contributed by atoms with E-state index in [0.29, 0.717) is 23.2 Å². The van der Waals surface area contributed by atoms with Gasteiger partial charge in [0, 0.05) is 41.3 Å². The van der Waals surface area contributed by atoms with Crippen LogP contribution in [0.4, 0.5) is 11.6 Å². The van der Waals surface area contributed by atoms with Gasteiger partial charge in [0.1, 0.15) is 23.2 Å². The normalized spacial score (nSPS) is 14.4. The van der Waals surface area contributed by atoms with E-state index in [2.05, 4.69) is 32.3 Å². The topological polar surface area (TPSA) is 120 Å². The highest BCUT2D eigenvalue weighted by Gasteiger charge is 2.20. The van der Waals surface area contributed by atoms with Crippen molar-refractivity contribution < 1.29 is 0 Å². The second-order valence-electron chi connectivity index (χ2n) is 7.94. The highest BCUT2D eigenvalue weighted by molar-refractivity contribution is 5.96. The molecule has 9 heteroatoms. The number of anilines is 2. The summed E-state index contributed by atoms with van der Waals surface area (Å²) in [6.07, 6.45) is 12.6. The van der Waals surface area contributed by atoms with Gasteiger partial charge in [0.05, 0.1) is 11.9 Å². The lowest BCUT2D eigenvalue weighted by Gasteiger charge is -2.17. The molecule has 4 heterocycles. The van der Waals surface area contributed by atoms with Gasteiger partial charge in [-0.1, -0.05) is 19.8 Å². The van der Waals surface area contributed by atoms with Gasteiger partial charge >= 0.3 is 0 Å². The summed E-state index contributed by atoms with van der Waals surface area (Å²) >= 11 is 0. The number of fused-ring (bicyclic) bond motifs is 1. The van der Waals surface area contributed by atoms with Crippen LogP contribution in [0.25, 0.3) is 28.0 Å². The van der Waals surface area contributed by atoms with Crippen molar-refractivity contribution in [1.29, 1.82) is 0 Å². The van der Waals surface area contributed by atoms with Gasteiger partial charge < -0.3 is 11.1 Å². The molecule has 158 valence electrons. The van der Waals surface area contributed by atoms with E-state index < -0.39 is 0 Å². The number of rotatable bonds is 5. The number of pyridine rings is 1. The third-order valence-electron chi connectivity index (χ3n) is 5.75. The lowest BCUT2D eigenvalue weighted by Crippen LogP contribution is -2.18. The largest absolute Gasteiger partial charge is 0.382 e. The fourth-order valence-electron chi connectivity index (χ4n) is 4.08. The number of hydrogen-bond donors (Lipinski definition) is 2. The van der Waals surface area contributed by atoms with E-state index in [1.807, 2.05) is 19.2 Å². The second kappa shape index (κ2) is 7.90. The Bertz CT molecular complexity index is 1240. The zero-order chi connectivity index (χ0) is 21.4. The van der Waals surface area contributed by atoms with E-state index in [9.17, 15) is 0 Å². The first kappa shape index (κ1) is 19.3. The van der Waals surface area contributed by atoms with Crippen molar-refractivity contribution in [1.82, 2.24) is 34.7 Å². The summed E-state index contributed by atoms with van der Waals surface area (Å²) in [6.45, 7) is 4.00. The lowest BCUT2D eigenvalue weighted by molar-refractivity contribution is 0.747. The molecule has 0 amide bonds. The van der Waals surface area contributed by atoms with Crippen LogP contribution in [0.5, 0.6) is 0 Å². The van der Waals surface area contributed by atoms with Crippen LogP contribution in [0.15, 0.2) is 31.0 Å². The molecule has 0 saturated heterocycles. The van der Waals surface area contributed by atoms with Gasteiger partial charge in [-0.3, -0.25) is 0 Å². The Hall–Kier alpha value is -3.62. The maximum Gasteiger partial charge on any atom is 0.156 e. The van der Waals surface area contributed by atoms with E-state index in [-0.39, 0.29) is 0 Å². The highest BCUT2D eigenvalue weighted by Crippen LogP contribution is 2.31. The van der Waals surface area contributed by atoms with Crippen LogP contribution in [0.3, 0.4) is 0 Å². The quantitative estimate of drug-likeness (QED) is 0.508. The third-order valence-corrected chi connectivity index (χ3v) is 5.75. The molecular weight excluding hydrogens is 390 g/mol. The average molecular weight is 416 g/mol. The molecule has 1 saturated carbocycles. The Morgan fingerprint density at radius 2 is 1.94 bits per heavy atom. The predicted molar refractivity (Wildman–Crippen MR) is 120 cm³/mol. The summed E-state index contributed by atoms with van der Waals surface area (Å²) in [5.41, 5.74) is 11.0. The van der Waals surface area contributed by atoms with Gasteiger partial charge in [-0.2, -0.15) is 5.10 Å². The molecule has 1 fully saturated rings. The summed E-state index contributed by atoms with van der Waals surface area (Å²) < 4.78 is 1.72. The summed E-state index contributed by atoms with van der Waals surface area (Å²) in [4.78, 5) is 22.7. The monoisotopic (exact) mass is 415 g/mol. The number of aryl methyl sites for hydroxylation is 2. The molecule has 0 spiro atoms. The van der Waals surface area contributed by atoms with E-state index >= 15 is 0 Å². The summed E-state index contributed by atoms with van der Waals surface area (Å²) in [7, 11) is 0. The Morgan fingerprint density at radius 3 is 2.71 bits per heavy atom. The standard InChI is InChI=1S/C22H25N9/c1-3-17-22(28-15-6-4-5-7-15)30-19-16(10-24-21(23)20(19)29-17)14-9-27-31(11-14)18-8-13(2)25-12-26-18/h8-12,15H,3-7H2,1-2H3,(H2,23,24)(H,28,30). The Morgan fingerprint density at radius 1 is 1.10 bits per heavy atom. The molecule has 0 aliphatic heterocycles. The van der Waals surface area contributed by atoms with E-state index in [1.54, 1.807) is 17.1 Å². The smallest absolute Gasteiger partial charge is 0.156 e. The van der Waals surface area contributed by atoms with Crippen molar-refractivity contribution in [2.45, 2.75) is 52.0 Å². The van der Waals surface area contributed by atoms with E-state index in [0.717, 1.165) is 40.3 Å². The number of nitrogens with two attached hydrogens (primary N) is 1. The van der Waals surface area contributed by atoms with E-state index in [1.165, 1.54) is 32.0 Å². The first-order chi connectivity index (χ1) is 15.1. The maximum absolute atomic E-state index is 6.18. The molecule has 1 aliphatic rings. The Labute approximate surface area is 180 Å².